The van der Waals surface area contributed by atoms with Gasteiger partial charge < -0.3 is 9.64 Å². The molecule has 0 bridgehead atoms. The van der Waals surface area contributed by atoms with E-state index >= 15 is 0 Å². The zero-order chi connectivity index (χ0) is 12.0. The molecule has 0 aromatic carbocycles. The molecule has 0 aromatic rings. The van der Waals surface area contributed by atoms with E-state index in [1.807, 2.05) is 4.90 Å². The average Bonchev–Trinajstić information content (AvgIpc) is 2.17. The van der Waals surface area contributed by atoms with Crippen molar-refractivity contribution in [1.29, 1.82) is 0 Å². The number of hydrogen-bond acceptors (Lipinski definition) is 2. The van der Waals surface area contributed by atoms with Gasteiger partial charge >= 0.3 is 0 Å². The summed E-state index contributed by atoms with van der Waals surface area (Å²) in [5.74, 6) is 1.29. The number of carbonyl (C=O) groups is 1. The molecule has 0 saturated carbocycles. The SMILES string of the molecule is CC1CCN(C(=O)C2COC2)CC1.CCC. The Labute approximate surface area is 99.1 Å². The number of hydrogen-bond donors (Lipinski definition) is 0. The van der Waals surface area contributed by atoms with Gasteiger partial charge in [0, 0.05) is 13.1 Å². The van der Waals surface area contributed by atoms with E-state index in [0.29, 0.717) is 19.1 Å². The second kappa shape index (κ2) is 6.89. The predicted octanol–water partition coefficient (Wildman–Crippen LogP) is 2.31. The Morgan fingerprint density at radius 3 is 2.12 bits per heavy atom. The third-order valence-corrected chi connectivity index (χ3v) is 3.08. The first kappa shape index (κ1) is 13.5. The highest BCUT2D eigenvalue weighted by Gasteiger charge is 2.31. The minimum absolute atomic E-state index is 0.174. The summed E-state index contributed by atoms with van der Waals surface area (Å²) in [7, 11) is 0. The maximum absolute atomic E-state index is 11.7. The second-order valence-electron chi connectivity index (χ2n) is 4.95. The summed E-state index contributed by atoms with van der Waals surface area (Å²) in [5, 5.41) is 0. The molecule has 94 valence electrons. The molecular formula is C13H25NO2. The highest BCUT2D eigenvalue weighted by Crippen LogP contribution is 2.20. The molecule has 1 amide bonds. The zero-order valence-electron chi connectivity index (χ0n) is 10.9. The van der Waals surface area contributed by atoms with Gasteiger partial charge in [-0.05, 0) is 18.8 Å². The fourth-order valence-electron chi connectivity index (χ4n) is 1.87. The van der Waals surface area contributed by atoms with E-state index in [1.165, 1.54) is 19.3 Å². The number of nitrogens with zero attached hydrogens (tertiary/aromatic N) is 1. The smallest absolute Gasteiger partial charge is 0.230 e. The number of piperidine rings is 1. The first-order valence-electron chi connectivity index (χ1n) is 6.55. The Balaban J connectivity index is 0.000000386. The van der Waals surface area contributed by atoms with Crippen LogP contribution in [0.2, 0.25) is 0 Å². The van der Waals surface area contributed by atoms with E-state index in [0.717, 1.165) is 19.0 Å². The predicted molar refractivity (Wildman–Crippen MR) is 65.3 cm³/mol. The first-order valence-corrected chi connectivity index (χ1v) is 6.55. The van der Waals surface area contributed by atoms with E-state index < -0.39 is 0 Å². The van der Waals surface area contributed by atoms with Crippen molar-refractivity contribution in [1.82, 2.24) is 4.90 Å². The molecule has 0 atom stereocenters. The lowest BCUT2D eigenvalue weighted by atomic mass is 9.97. The number of rotatable bonds is 1. The summed E-state index contributed by atoms with van der Waals surface area (Å²) in [6, 6.07) is 0. The Morgan fingerprint density at radius 1 is 1.25 bits per heavy atom. The maximum Gasteiger partial charge on any atom is 0.230 e. The van der Waals surface area contributed by atoms with Crippen LogP contribution in [0.15, 0.2) is 0 Å². The Bertz CT molecular complexity index is 206. The average molecular weight is 227 g/mol. The monoisotopic (exact) mass is 227 g/mol. The molecular weight excluding hydrogens is 202 g/mol. The van der Waals surface area contributed by atoms with Gasteiger partial charge in [0.1, 0.15) is 0 Å². The van der Waals surface area contributed by atoms with Crippen molar-refractivity contribution >= 4 is 5.91 Å². The van der Waals surface area contributed by atoms with Gasteiger partial charge in [0.2, 0.25) is 5.91 Å². The van der Waals surface area contributed by atoms with Crippen LogP contribution in [0.25, 0.3) is 0 Å². The molecule has 2 heterocycles. The van der Waals surface area contributed by atoms with Crippen molar-refractivity contribution in [3.8, 4) is 0 Å². The normalized spacial score (nSPS) is 22.1. The zero-order valence-corrected chi connectivity index (χ0v) is 10.9. The van der Waals surface area contributed by atoms with E-state index in [4.69, 9.17) is 4.74 Å². The van der Waals surface area contributed by atoms with E-state index in [9.17, 15) is 4.79 Å². The molecule has 3 heteroatoms. The van der Waals surface area contributed by atoms with Crippen molar-refractivity contribution in [2.24, 2.45) is 11.8 Å². The quantitative estimate of drug-likeness (QED) is 0.688. The summed E-state index contributed by atoms with van der Waals surface area (Å²) in [4.78, 5) is 13.7. The largest absolute Gasteiger partial charge is 0.380 e. The topological polar surface area (TPSA) is 29.5 Å². The molecule has 0 unspecified atom stereocenters. The molecule has 2 aliphatic heterocycles. The summed E-state index contributed by atoms with van der Waals surface area (Å²) in [6.07, 6.45) is 3.58. The van der Waals surface area contributed by atoms with Gasteiger partial charge in [-0.3, -0.25) is 4.79 Å². The number of carbonyl (C=O) groups excluding carboxylic acids is 1. The van der Waals surface area contributed by atoms with Crippen LogP contribution in [0.4, 0.5) is 0 Å². The molecule has 3 nitrogen and oxygen atoms in total. The van der Waals surface area contributed by atoms with Crippen LogP contribution in [0, 0.1) is 11.8 Å². The molecule has 0 aliphatic carbocycles. The lowest BCUT2D eigenvalue weighted by molar-refractivity contribution is -0.151. The summed E-state index contributed by atoms with van der Waals surface area (Å²) in [6.45, 7) is 9.71. The van der Waals surface area contributed by atoms with Crippen molar-refractivity contribution in [2.75, 3.05) is 26.3 Å². The first-order chi connectivity index (χ1) is 7.69. The minimum atomic E-state index is 0.174. The van der Waals surface area contributed by atoms with Crippen LogP contribution < -0.4 is 0 Å². The standard InChI is InChI=1S/C10H17NO2.C3H8/c1-8-2-4-11(5-3-8)10(12)9-6-13-7-9;1-3-2/h8-9H,2-7H2,1H3;3H2,1-2H3. The molecule has 2 aliphatic rings. The molecule has 0 aromatic heterocycles. The molecule has 2 saturated heterocycles. The lowest BCUT2D eigenvalue weighted by Crippen LogP contribution is -2.47. The van der Waals surface area contributed by atoms with Crippen molar-refractivity contribution in [3.63, 3.8) is 0 Å². The molecule has 0 N–H and O–H groups in total. The fourth-order valence-corrected chi connectivity index (χ4v) is 1.87. The van der Waals surface area contributed by atoms with Crippen molar-refractivity contribution in [2.45, 2.75) is 40.0 Å². The number of likely N-dealkylation sites (tertiary alicyclic amines) is 1. The van der Waals surface area contributed by atoms with Gasteiger partial charge in [-0.15, -0.1) is 0 Å². The highest BCUT2D eigenvalue weighted by molar-refractivity contribution is 5.79. The van der Waals surface area contributed by atoms with Crippen LogP contribution in [0.5, 0.6) is 0 Å². The van der Waals surface area contributed by atoms with E-state index in [-0.39, 0.29) is 5.92 Å². The van der Waals surface area contributed by atoms with Crippen LogP contribution in [0.1, 0.15) is 40.0 Å². The minimum Gasteiger partial charge on any atom is -0.380 e. The highest BCUT2D eigenvalue weighted by atomic mass is 16.5. The van der Waals surface area contributed by atoms with Crippen molar-refractivity contribution < 1.29 is 9.53 Å². The molecule has 2 rings (SSSR count). The third kappa shape index (κ3) is 3.78. The fraction of sp³-hybridized carbons (Fsp3) is 0.923. The second-order valence-corrected chi connectivity index (χ2v) is 4.95. The van der Waals surface area contributed by atoms with E-state index in [2.05, 4.69) is 20.8 Å². The lowest BCUT2D eigenvalue weighted by Gasteiger charge is -2.35. The van der Waals surface area contributed by atoms with Gasteiger partial charge in [-0.2, -0.15) is 0 Å². The molecule has 16 heavy (non-hydrogen) atoms. The van der Waals surface area contributed by atoms with Gasteiger partial charge in [0.05, 0.1) is 19.1 Å². The van der Waals surface area contributed by atoms with Gasteiger partial charge in [-0.25, -0.2) is 0 Å². The summed E-state index contributed by atoms with van der Waals surface area (Å²) >= 11 is 0. The summed E-state index contributed by atoms with van der Waals surface area (Å²) < 4.78 is 5.02. The molecule has 2 fully saturated rings. The molecule has 0 spiro atoms. The Morgan fingerprint density at radius 2 is 1.75 bits per heavy atom. The molecule has 0 radical (unpaired) electrons. The maximum atomic E-state index is 11.7. The van der Waals surface area contributed by atoms with Crippen LogP contribution >= 0.6 is 0 Å². The summed E-state index contributed by atoms with van der Waals surface area (Å²) in [5.41, 5.74) is 0. The van der Waals surface area contributed by atoms with Gasteiger partial charge in [-0.1, -0.05) is 27.2 Å². The van der Waals surface area contributed by atoms with Gasteiger partial charge in [0.25, 0.3) is 0 Å². The van der Waals surface area contributed by atoms with Crippen LogP contribution in [-0.2, 0) is 9.53 Å². The van der Waals surface area contributed by atoms with Gasteiger partial charge in [0.15, 0.2) is 0 Å². The number of amides is 1. The van der Waals surface area contributed by atoms with Crippen LogP contribution in [0.3, 0.4) is 0 Å². The van der Waals surface area contributed by atoms with Crippen molar-refractivity contribution in [3.05, 3.63) is 0 Å². The van der Waals surface area contributed by atoms with E-state index in [1.54, 1.807) is 0 Å². The van der Waals surface area contributed by atoms with Crippen LogP contribution in [-0.4, -0.2) is 37.1 Å². The number of ether oxygens (including phenoxy) is 1. The Hall–Kier alpha value is -0.570. The third-order valence-electron chi connectivity index (χ3n) is 3.08. The Kier molecular flexibility index (Phi) is 5.81.